The second-order valence-electron chi connectivity index (χ2n) is 3.55. The number of aromatic nitrogens is 1. The summed E-state index contributed by atoms with van der Waals surface area (Å²) in [5, 5.41) is 8.76. The van der Waals surface area contributed by atoms with Gasteiger partial charge >= 0.3 is 0 Å². The lowest BCUT2D eigenvalue weighted by atomic mass is 10.1. The van der Waals surface area contributed by atoms with Crippen LogP contribution >= 0.6 is 0 Å². The molecule has 0 bridgehead atoms. The fourth-order valence-corrected chi connectivity index (χ4v) is 1.30. The lowest BCUT2D eigenvalue weighted by Gasteiger charge is -2.16. The lowest BCUT2D eigenvalue weighted by Crippen LogP contribution is -2.22. The molecule has 1 aromatic heterocycles. The Bertz CT molecular complexity index is 322. The van der Waals surface area contributed by atoms with Gasteiger partial charge in [0.25, 0.3) is 0 Å². The summed E-state index contributed by atoms with van der Waals surface area (Å²) >= 11 is 0. The first-order valence-corrected chi connectivity index (χ1v) is 4.90. The van der Waals surface area contributed by atoms with Gasteiger partial charge in [0, 0.05) is 26.2 Å². The molecule has 1 aromatic rings. The second-order valence-corrected chi connectivity index (χ2v) is 3.55. The number of carbonyl (C=O) groups excluding carboxylic acids is 1. The maximum Gasteiger partial charge on any atom is 0.134 e. The number of rotatable bonds is 5. The van der Waals surface area contributed by atoms with Crippen molar-refractivity contribution in [1.82, 2.24) is 4.98 Å². The van der Waals surface area contributed by atoms with E-state index in [0.29, 0.717) is 13.0 Å². The van der Waals surface area contributed by atoms with E-state index in [-0.39, 0.29) is 12.4 Å². The van der Waals surface area contributed by atoms with Crippen LogP contribution in [0, 0.1) is 0 Å². The summed E-state index contributed by atoms with van der Waals surface area (Å²) in [7, 11) is 1.86. The molecule has 0 aromatic carbocycles. The lowest BCUT2D eigenvalue weighted by molar-refractivity contribution is -0.116. The number of aliphatic hydroxyl groups is 1. The third-order valence-corrected chi connectivity index (χ3v) is 2.09. The topological polar surface area (TPSA) is 53.4 Å². The highest BCUT2D eigenvalue weighted by atomic mass is 16.3. The average molecular weight is 208 g/mol. The zero-order valence-corrected chi connectivity index (χ0v) is 9.10. The van der Waals surface area contributed by atoms with Crippen molar-refractivity contribution in [3.05, 3.63) is 23.9 Å². The molecule has 0 amide bonds. The standard InChI is InChI=1S/C11H16N2O2/c1-9(15)7-10-3-4-11(12-8-10)13(2)5-6-14/h3-4,8,14H,5-7H2,1-2H3. The van der Waals surface area contributed by atoms with Crippen LogP contribution in [-0.4, -0.2) is 36.1 Å². The summed E-state index contributed by atoms with van der Waals surface area (Å²) < 4.78 is 0. The maximum absolute atomic E-state index is 10.9. The highest BCUT2D eigenvalue weighted by Gasteiger charge is 2.02. The van der Waals surface area contributed by atoms with Gasteiger partial charge in [0.15, 0.2) is 0 Å². The summed E-state index contributed by atoms with van der Waals surface area (Å²) in [5.41, 5.74) is 0.920. The molecule has 82 valence electrons. The van der Waals surface area contributed by atoms with Crippen LogP contribution in [0.3, 0.4) is 0 Å². The number of hydrogen-bond acceptors (Lipinski definition) is 4. The molecule has 0 radical (unpaired) electrons. The molecular formula is C11H16N2O2. The van der Waals surface area contributed by atoms with Crippen LogP contribution in [-0.2, 0) is 11.2 Å². The normalized spacial score (nSPS) is 10.1. The van der Waals surface area contributed by atoms with Crippen LogP contribution in [0.2, 0.25) is 0 Å². The molecule has 4 nitrogen and oxygen atoms in total. The van der Waals surface area contributed by atoms with E-state index in [1.165, 1.54) is 0 Å². The van der Waals surface area contributed by atoms with Crippen molar-refractivity contribution in [2.24, 2.45) is 0 Å². The number of nitrogens with zero attached hydrogens (tertiary/aromatic N) is 2. The van der Waals surface area contributed by atoms with Crippen molar-refractivity contribution >= 4 is 11.6 Å². The Morgan fingerprint density at radius 3 is 2.73 bits per heavy atom. The molecule has 0 atom stereocenters. The van der Waals surface area contributed by atoms with Gasteiger partial charge in [-0.05, 0) is 18.6 Å². The molecular weight excluding hydrogens is 192 g/mol. The summed E-state index contributed by atoms with van der Waals surface area (Å²) in [5.74, 6) is 0.935. The smallest absolute Gasteiger partial charge is 0.134 e. The van der Waals surface area contributed by atoms with Crippen molar-refractivity contribution in [3.8, 4) is 0 Å². The Kier molecular flexibility index (Phi) is 4.24. The fraction of sp³-hybridized carbons (Fsp3) is 0.455. The van der Waals surface area contributed by atoms with E-state index in [1.807, 2.05) is 24.1 Å². The maximum atomic E-state index is 10.9. The molecule has 0 aliphatic carbocycles. The number of ketones is 1. The Balaban J connectivity index is 2.67. The van der Waals surface area contributed by atoms with Crippen molar-refractivity contribution in [1.29, 1.82) is 0 Å². The highest BCUT2D eigenvalue weighted by molar-refractivity contribution is 5.78. The van der Waals surface area contributed by atoms with Crippen LogP contribution in [0.5, 0.6) is 0 Å². The minimum atomic E-state index is 0.105. The van der Waals surface area contributed by atoms with E-state index in [4.69, 9.17) is 5.11 Å². The Hall–Kier alpha value is -1.42. The van der Waals surface area contributed by atoms with Gasteiger partial charge in [-0.3, -0.25) is 4.79 Å². The monoisotopic (exact) mass is 208 g/mol. The van der Waals surface area contributed by atoms with Gasteiger partial charge in [-0.15, -0.1) is 0 Å². The van der Waals surface area contributed by atoms with E-state index in [0.717, 1.165) is 11.4 Å². The van der Waals surface area contributed by atoms with Crippen molar-refractivity contribution in [2.75, 3.05) is 25.1 Å². The number of anilines is 1. The molecule has 4 heteroatoms. The molecule has 1 rings (SSSR count). The van der Waals surface area contributed by atoms with Gasteiger partial charge in [-0.25, -0.2) is 4.98 Å². The van der Waals surface area contributed by atoms with Crippen molar-refractivity contribution in [3.63, 3.8) is 0 Å². The summed E-state index contributed by atoms with van der Waals surface area (Å²) in [6, 6.07) is 3.74. The Morgan fingerprint density at radius 1 is 1.53 bits per heavy atom. The fourth-order valence-electron chi connectivity index (χ4n) is 1.30. The first-order chi connectivity index (χ1) is 7.13. The first kappa shape index (κ1) is 11.7. The molecule has 0 aliphatic heterocycles. The summed E-state index contributed by atoms with van der Waals surface area (Å²) in [4.78, 5) is 16.9. The van der Waals surface area contributed by atoms with Crippen LogP contribution in [0.15, 0.2) is 18.3 Å². The quantitative estimate of drug-likeness (QED) is 0.771. The van der Waals surface area contributed by atoms with Crippen molar-refractivity contribution in [2.45, 2.75) is 13.3 Å². The number of likely N-dealkylation sites (N-methyl/N-ethyl adjacent to an activating group) is 1. The van der Waals surface area contributed by atoms with Crippen LogP contribution in [0.4, 0.5) is 5.82 Å². The van der Waals surface area contributed by atoms with Gasteiger partial charge in [-0.2, -0.15) is 0 Å². The number of aliphatic hydroxyl groups excluding tert-OH is 1. The zero-order chi connectivity index (χ0) is 11.3. The molecule has 1 heterocycles. The third-order valence-electron chi connectivity index (χ3n) is 2.09. The average Bonchev–Trinajstić information content (AvgIpc) is 2.18. The molecule has 0 fully saturated rings. The Labute approximate surface area is 89.6 Å². The van der Waals surface area contributed by atoms with Gasteiger partial charge in [0.05, 0.1) is 6.61 Å². The third kappa shape index (κ3) is 3.67. The number of hydrogen-bond donors (Lipinski definition) is 1. The molecule has 0 aliphatic rings. The van der Waals surface area contributed by atoms with E-state index in [9.17, 15) is 4.79 Å². The first-order valence-electron chi connectivity index (χ1n) is 4.90. The predicted octanol–water partition coefficient (Wildman–Crippen LogP) is 0.642. The molecule has 0 saturated heterocycles. The number of carbonyl (C=O) groups is 1. The second kappa shape index (κ2) is 5.46. The van der Waals surface area contributed by atoms with Crippen LogP contribution in [0.25, 0.3) is 0 Å². The zero-order valence-electron chi connectivity index (χ0n) is 9.10. The molecule has 1 N–H and O–H groups in total. The molecule has 0 saturated carbocycles. The number of pyridine rings is 1. The molecule has 0 unspecified atom stereocenters. The van der Waals surface area contributed by atoms with Gasteiger partial charge in [0.1, 0.15) is 11.6 Å². The van der Waals surface area contributed by atoms with Crippen LogP contribution < -0.4 is 4.90 Å². The largest absolute Gasteiger partial charge is 0.395 e. The summed E-state index contributed by atoms with van der Waals surface area (Å²) in [6.07, 6.45) is 2.13. The minimum Gasteiger partial charge on any atom is -0.395 e. The van der Waals surface area contributed by atoms with E-state index in [1.54, 1.807) is 13.1 Å². The number of Topliss-reactive ketones (excluding diaryl/α,β-unsaturated/α-hetero) is 1. The van der Waals surface area contributed by atoms with Gasteiger partial charge < -0.3 is 10.0 Å². The molecule has 15 heavy (non-hydrogen) atoms. The van der Waals surface area contributed by atoms with E-state index in [2.05, 4.69) is 4.98 Å². The molecule has 0 spiro atoms. The highest BCUT2D eigenvalue weighted by Crippen LogP contribution is 2.09. The Morgan fingerprint density at radius 2 is 2.27 bits per heavy atom. The van der Waals surface area contributed by atoms with Gasteiger partial charge in [0.2, 0.25) is 0 Å². The SMILES string of the molecule is CC(=O)Cc1ccc(N(C)CCO)nc1. The van der Waals surface area contributed by atoms with Crippen molar-refractivity contribution < 1.29 is 9.90 Å². The van der Waals surface area contributed by atoms with E-state index >= 15 is 0 Å². The van der Waals surface area contributed by atoms with Crippen LogP contribution in [0.1, 0.15) is 12.5 Å². The predicted molar refractivity (Wildman–Crippen MR) is 59.0 cm³/mol. The summed E-state index contributed by atoms with van der Waals surface area (Å²) in [6.45, 7) is 2.22. The van der Waals surface area contributed by atoms with Gasteiger partial charge in [-0.1, -0.05) is 6.07 Å². The minimum absolute atomic E-state index is 0.105. The van der Waals surface area contributed by atoms with E-state index < -0.39 is 0 Å².